The van der Waals surface area contributed by atoms with Crippen molar-refractivity contribution in [2.75, 3.05) is 22.9 Å². The summed E-state index contributed by atoms with van der Waals surface area (Å²) < 4.78 is 3.46. The van der Waals surface area contributed by atoms with Crippen LogP contribution in [0.4, 0.5) is 11.5 Å². The molecule has 2 aromatic rings. The van der Waals surface area contributed by atoms with E-state index < -0.39 is 11.2 Å². The summed E-state index contributed by atoms with van der Waals surface area (Å²) in [4.78, 5) is 46.0. The van der Waals surface area contributed by atoms with Gasteiger partial charge in [0.1, 0.15) is 5.82 Å². The van der Waals surface area contributed by atoms with Crippen molar-refractivity contribution in [3.8, 4) is 0 Å². The molecular weight excluding hydrogens is 416 g/mol. The summed E-state index contributed by atoms with van der Waals surface area (Å²) in [5, 5.41) is 0.794. The second-order valence-electron chi connectivity index (χ2n) is 7.50. The van der Waals surface area contributed by atoms with Crippen molar-refractivity contribution in [3.05, 3.63) is 32.2 Å². The van der Waals surface area contributed by atoms with Crippen LogP contribution in [0.3, 0.4) is 0 Å². The molecule has 0 unspecified atom stereocenters. The molecule has 0 radical (unpaired) electrons. The van der Waals surface area contributed by atoms with Crippen molar-refractivity contribution in [2.24, 2.45) is 0 Å². The van der Waals surface area contributed by atoms with Crippen LogP contribution in [0, 0.1) is 13.8 Å². The minimum atomic E-state index is -0.647. The monoisotopic (exact) mass is 450 g/mol. The van der Waals surface area contributed by atoms with Gasteiger partial charge in [-0.2, -0.15) is 0 Å². The number of aryl methyl sites for hydroxylation is 1. The predicted molar refractivity (Wildman–Crippen MR) is 126 cm³/mol. The van der Waals surface area contributed by atoms with E-state index >= 15 is 0 Å². The van der Waals surface area contributed by atoms with Gasteiger partial charge in [0.2, 0.25) is 5.91 Å². The number of nitrogens with zero attached hydrogens (tertiary/aromatic N) is 4. The first-order valence-corrected chi connectivity index (χ1v) is 11.8. The Hall–Kier alpha value is -2.49. The fourth-order valence-corrected chi connectivity index (χ4v) is 4.35. The van der Waals surface area contributed by atoms with E-state index in [1.54, 1.807) is 6.92 Å². The number of rotatable bonds is 11. The topological polar surface area (TPSA) is 119 Å². The predicted octanol–water partition coefficient (Wildman–Crippen LogP) is 2.68. The molecule has 0 aliphatic carbocycles. The third-order valence-electron chi connectivity index (χ3n) is 5.32. The molecule has 31 heavy (non-hydrogen) atoms. The highest BCUT2D eigenvalue weighted by Gasteiger charge is 2.24. The normalized spacial score (nSPS) is 11.1. The number of anilines is 2. The summed E-state index contributed by atoms with van der Waals surface area (Å²) in [6.45, 7) is 11.4. The molecule has 10 heteroatoms. The smallest absolute Gasteiger partial charge is 0.330 e. The molecule has 0 fully saturated rings. The Bertz CT molecular complexity index is 1020. The number of nitrogen functional groups attached to an aromatic ring is 1. The van der Waals surface area contributed by atoms with Crippen LogP contribution in [0.5, 0.6) is 0 Å². The molecule has 0 aliphatic heterocycles. The molecule has 2 aromatic heterocycles. The standard InChI is InChI=1S/C21H34N6O3S/c1-6-9-11-26-15(5)14(4)23-21(26)31-13-16(28)25(8-3)17-18(22)27(12-10-7-2)20(30)24-19(17)29/h6-13,22H2,1-5H3,(H,24,29,30). The van der Waals surface area contributed by atoms with Gasteiger partial charge in [0.15, 0.2) is 10.8 Å². The average molecular weight is 451 g/mol. The third kappa shape index (κ3) is 5.61. The number of imidazole rings is 1. The van der Waals surface area contributed by atoms with Crippen molar-refractivity contribution in [1.29, 1.82) is 0 Å². The first-order valence-electron chi connectivity index (χ1n) is 10.9. The molecule has 0 aromatic carbocycles. The van der Waals surface area contributed by atoms with Gasteiger partial charge in [-0.25, -0.2) is 9.78 Å². The van der Waals surface area contributed by atoms with Gasteiger partial charge in [-0.05, 0) is 33.6 Å². The van der Waals surface area contributed by atoms with Gasteiger partial charge in [0, 0.05) is 25.3 Å². The van der Waals surface area contributed by atoms with Crippen molar-refractivity contribution >= 4 is 29.2 Å². The van der Waals surface area contributed by atoms with E-state index in [0.29, 0.717) is 6.54 Å². The number of amides is 1. The Balaban J connectivity index is 2.29. The van der Waals surface area contributed by atoms with Gasteiger partial charge >= 0.3 is 5.69 Å². The van der Waals surface area contributed by atoms with Gasteiger partial charge in [-0.3, -0.25) is 19.1 Å². The number of H-pyrrole nitrogens is 1. The minimum Gasteiger partial charge on any atom is -0.383 e. The van der Waals surface area contributed by atoms with Crippen molar-refractivity contribution in [3.63, 3.8) is 0 Å². The molecule has 9 nitrogen and oxygen atoms in total. The highest BCUT2D eigenvalue weighted by molar-refractivity contribution is 7.99. The summed E-state index contributed by atoms with van der Waals surface area (Å²) in [7, 11) is 0. The van der Waals surface area contributed by atoms with Crippen LogP contribution in [0.2, 0.25) is 0 Å². The molecule has 172 valence electrons. The fourth-order valence-electron chi connectivity index (χ4n) is 3.35. The molecule has 2 heterocycles. The number of hydrogen-bond acceptors (Lipinski definition) is 6. The lowest BCUT2D eigenvalue weighted by Crippen LogP contribution is -2.41. The zero-order valence-corrected chi connectivity index (χ0v) is 20.0. The van der Waals surface area contributed by atoms with Crippen LogP contribution in [-0.4, -0.2) is 37.3 Å². The van der Waals surface area contributed by atoms with E-state index in [0.717, 1.165) is 48.8 Å². The number of nitrogens with one attached hydrogen (secondary N) is 1. The largest absolute Gasteiger partial charge is 0.383 e. The number of carbonyl (C=O) groups excluding carboxylic acids is 1. The average Bonchev–Trinajstić information content (AvgIpc) is 3.00. The van der Waals surface area contributed by atoms with E-state index in [4.69, 9.17) is 5.73 Å². The summed E-state index contributed by atoms with van der Waals surface area (Å²) in [5.74, 6) is -0.118. The Morgan fingerprint density at radius 1 is 1.10 bits per heavy atom. The molecule has 3 N–H and O–H groups in total. The van der Waals surface area contributed by atoms with Crippen molar-refractivity contribution in [1.82, 2.24) is 19.1 Å². The van der Waals surface area contributed by atoms with Crippen LogP contribution in [0.1, 0.15) is 57.8 Å². The summed E-state index contributed by atoms with van der Waals surface area (Å²) in [6, 6.07) is 0. The lowest BCUT2D eigenvalue weighted by molar-refractivity contribution is -0.116. The summed E-state index contributed by atoms with van der Waals surface area (Å²) >= 11 is 1.35. The number of aromatic nitrogens is 4. The lowest BCUT2D eigenvalue weighted by Gasteiger charge is -2.23. The zero-order valence-electron chi connectivity index (χ0n) is 19.2. The Morgan fingerprint density at radius 3 is 2.29 bits per heavy atom. The maximum Gasteiger partial charge on any atom is 0.330 e. The van der Waals surface area contributed by atoms with Crippen LogP contribution < -0.4 is 21.9 Å². The van der Waals surface area contributed by atoms with E-state index in [-0.39, 0.29) is 29.7 Å². The maximum atomic E-state index is 13.1. The number of thioether (sulfide) groups is 1. The first kappa shape index (κ1) is 24.8. The SMILES string of the molecule is CCCCn1c(SCC(=O)N(CC)c2c(N)n(CCCC)c(=O)[nH]c2=O)nc(C)c1C. The molecule has 0 atom stereocenters. The van der Waals surface area contributed by atoms with E-state index in [9.17, 15) is 14.4 Å². The first-order chi connectivity index (χ1) is 14.8. The molecule has 0 saturated heterocycles. The molecule has 0 spiro atoms. The zero-order chi connectivity index (χ0) is 23.1. The highest BCUT2D eigenvalue weighted by Crippen LogP contribution is 2.24. The number of carbonyl (C=O) groups is 1. The number of hydrogen-bond donors (Lipinski definition) is 2. The minimum absolute atomic E-state index is 0.0264. The molecule has 1 amide bonds. The Morgan fingerprint density at radius 2 is 1.71 bits per heavy atom. The van der Waals surface area contributed by atoms with Crippen molar-refractivity contribution in [2.45, 2.75) is 78.5 Å². The second kappa shape index (κ2) is 11.2. The van der Waals surface area contributed by atoms with E-state index in [2.05, 4.69) is 21.5 Å². The van der Waals surface area contributed by atoms with Gasteiger partial charge in [0.05, 0.1) is 11.4 Å². The lowest BCUT2D eigenvalue weighted by atomic mass is 10.3. The van der Waals surface area contributed by atoms with Crippen LogP contribution >= 0.6 is 11.8 Å². The van der Waals surface area contributed by atoms with Crippen LogP contribution in [-0.2, 0) is 17.9 Å². The fraction of sp³-hybridized carbons (Fsp3) is 0.619. The Labute approximate surface area is 187 Å². The van der Waals surface area contributed by atoms with Crippen molar-refractivity contribution < 1.29 is 4.79 Å². The number of unbranched alkanes of at least 4 members (excludes halogenated alkanes) is 2. The van der Waals surface area contributed by atoms with Crippen LogP contribution in [0.15, 0.2) is 14.7 Å². The second-order valence-corrected chi connectivity index (χ2v) is 8.44. The van der Waals surface area contributed by atoms with Gasteiger partial charge in [0.25, 0.3) is 5.56 Å². The third-order valence-corrected chi connectivity index (χ3v) is 6.28. The quantitative estimate of drug-likeness (QED) is 0.508. The highest BCUT2D eigenvalue weighted by atomic mass is 32.2. The van der Waals surface area contributed by atoms with E-state index in [1.807, 2.05) is 20.8 Å². The van der Waals surface area contributed by atoms with Gasteiger partial charge < -0.3 is 15.2 Å². The molecular formula is C21H34N6O3S. The summed E-state index contributed by atoms with van der Waals surface area (Å²) in [5.41, 5.74) is 7.05. The van der Waals surface area contributed by atoms with Gasteiger partial charge in [-0.15, -0.1) is 0 Å². The molecule has 0 bridgehead atoms. The van der Waals surface area contributed by atoms with E-state index in [1.165, 1.54) is 21.2 Å². The Kier molecular flexibility index (Phi) is 8.97. The molecule has 2 rings (SSSR count). The summed E-state index contributed by atoms with van der Waals surface area (Å²) in [6.07, 6.45) is 3.71. The number of nitrogens with two attached hydrogens (primary N) is 1. The maximum absolute atomic E-state index is 13.1. The van der Waals surface area contributed by atoms with Crippen LogP contribution in [0.25, 0.3) is 0 Å². The molecule has 0 saturated carbocycles. The number of aromatic amines is 1. The molecule has 0 aliphatic rings. The van der Waals surface area contributed by atoms with Gasteiger partial charge in [-0.1, -0.05) is 38.5 Å².